The standard InChI is InChI=1S/C30H20N4O6/c35-27(23-14-7-15-40-23)32-31-16-30-19-10-3-1-8-17(19)24(18-9-2-4-11-20(18)30)25-26(30)29(37)33(28(25)36)21-12-5-6-13-22(21)34(38)39/h1-16,24-26H,(H,32,35)/b31-16-/t24?,25-,26-,30?/m0/s1. The van der Waals surface area contributed by atoms with Crippen molar-refractivity contribution in [3.8, 4) is 0 Å². The predicted octanol–water partition coefficient (Wildman–Crippen LogP) is 4.15. The molecular weight excluding hydrogens is 512 g/mol. The van der Waals surface area contributed by atoms with E-state index in [1.165, 1.54) is 36.7 Å². The Labute approximate surface area is 227 Å². The van der Waals surface area contributed by atoms with E-state index < -0.39 is 45.8 Å². The van der Waals surface area contributed by atoms with Crippen molar-refractivity contribution < 1.29 is 23.7 Å². The lowest BCUT2D eigenvalue weighted by atomic mass is 9.47. The number of rotatable bonds is 5. The molecule has 0 saturated carbocycles. The summed E-state index contributed by atoms with van der Waals surface area (Å²) >= 11 is 0. The number of carbonyl (C=O) groups excluding carboxylic acids is 3. The van der Waals surface area contributed by atoms with Crippen LogP contribution in [0.3, 0.4) is 0 Å². The highest BCUT2D eigenvalue weighted by molar-refractivity contribution is 6.25. The number of hydrogen-bond acceptors (Lipinski definition) is 7. The SMILES string of the molecule is O=C(N/N=C\C12c3ccccc3C(c3ccccc31)[C@@H]1C(=O)N(c3ccccc3[N+](=O)[O-])C(=O)[C@H]12)c1ccco1. The Morgan fingerprint density at radius 3 is 2.23 bits per heavy atom. The maximum atomic E-state index is 14.3. The zero-order valence-electron chi connectivity index (χ0n) is 20.8. The zero-order chi connectivity index (χ0) is 27.6. The molecule has 1 aliphatic heterocycles. The average molecular weight is 533 g/mol. The van der Waals surface area contributed by atoms with E-state index in [1.54, 1.807) is 12.1 Å². The van der Waals surface area contributed by atoms with Crippen LogP contribution in [0.15, 0.2) is 101 Å². The van der Waals surface area contributed by atoms with E-state index in [0.29, 0.717) is 0 Å². The van der Waals surface area contributed by atoms with Gasteiger partial charge in [0.2, 0.25) is 11.8 Å². The quantitative estimate of drug-likeness (QED) is 0.178. The summed E-state index contributed by atoms with van der Waals surface area (Å²) in [5.74, 6) is -3.78. The minimum Gasteiger partial charge on any atom is -0.459 e. The van der Waals surface area contributed by atoms with E-state index in [9.17, 15) is 24.5 Å². The van der Waals surface area contributed by atoms with Gasteiger partial charge in [-0.1, -0.05) is 60.7 Å². The molecule has 10 heteroatoms. The van der Waals surface area contributed by atoms with Gasteiger partial charge in [0.25, 0.3) is 5.69 Å². The molecule has 1 N–H and O–H groups in total. The Balaban J connectivity index is 1.44. The fraction of sp³-hybridized carbons (Fsp3) is 0.133. The number of carbonyl (C=O) groups is 3. The number of furan rings is 1. The number of imide groups is 1. The maximum absolute atomic E-state index is 14.3. The summed E-state index contributed by atoms with van der Waals surface area (Å²) in [7, 11) is 0. The van der Waals surface area contributed by atoms with E-state index in [-0.39, 0.29) is 17.1 Å². The van der Waals surface area contributed by atoms with Gasteiger partial charge in [-0.15, -0.1) is 0 Å². The number of nitrogens with zero attached hydrogens (tertiary/aromatic N) is 3. The molecule has 10 nitrogen and oxygen atoms in total. The Morgan fingerprint density at radius 2 is 1.57 bits per heavy atom. The van der Waals surface area contributed by atoms with E-state index in [4.69, 9.17) is 4.42 Å². The summed E-state index contributed by atoms with van der Waals surface area (Å²) in [5.41, 5.74) is 4.18. The van der Waals surface area contributed by atoms with Gasteiger partial charge in [0.05, 0.1) is 28.4 Å². The second kappa shape index (κ2) is 8.57. The number of nitrogens with one attached hydrogen (secondary N) is 1. The lowest BCUT2D eigenvalue weighted by Gasteiger charge is -2.52. The Morgan fingerprint density at radius 1 is 0.925 bits per heavy atom. The fourth-order valence-electron chi connectivity index (χ4n) is 6.75. The molecule has 1 saturated heterocycles. The van der Waals surface area contributed by atoms with Gasteiger partial charge in [-0.2, -0.15) is 5.10 Å². The van der Waals surface area contributed by atoms with Crippen molar-refractivity contribution in [3.05, 3.63) is 129 Å². The molecule has 2 bridgehead atoms. The van der Waals surface area contributed by atoms with E-state index >= 15 is 0 Å². The number of benzene rings is 3. The molecule has 196 valence electrons. The van der Waals surface area contributed by atoms with Crippen LogP contribution in [0.25, 0.3) is 0 Å². The van der Waals surface area contributed by atoms with Crippen LogP contribution in [-0.2, 0) is 15.0 Å². The third-order valence-corrected chi connectivity index (χ3v) is 8.18. The van der Waals surface area contributed by atoms with Gasteiger partial charge in [-0.05, 0) is 40.5 Å². The highest BCUT2D eigenvalue weighted by Crippen LogP contribution is 2.63. The van der Waals surface area contributed by atoms with Gasteiger partial charge in [-0.25, -0.2) is 10.3 Å². The molecule has 3 aromatic carbocycles. The first-order valence-electron chi connectivity index (χ1n) is 12.6. The topological polar surface area (TPSA) is 135 Å². The summed E-state index contributed by atoms with van der Waals surface area (Å²) < 4.78 is 5.16. The molecule has 40 heavy (non-hydrogen) atoms. The van der Waals surface area contributed by atoms with Crippen LogP contribution in [0.1, 0.15) is 38.7 Å². The average Bonchev–Trinajstić information content (AvgIpc) is 3.61. The number of nitro groups is 1. The fourth-order valence-corrected chi connectivity index (χ4v) is 6.75. The van der Waals surface area contributed by atoms with Crippen LogP contribution in [0.2, 0.25) is 0 Å². The number of nitro benzene ring substituents is 1. The van der Waals surface area contributed by atoms with Crippen molar-refractivity contribution in [2.24, 2.45) is 16.9 Å². The van der Waals surface area contributed by atoms with Crippen LogP contribution < -0.4 is 10.3 Å². The molecule has 3 amide bonds. The molecular formula is C30H20N4O6. The molecule has 8 rings (SSSR count). The van der Waals surface area contributed by atoms with E-state index in [0.717, 1.165) is 27.2 Å². The first-order chi connectivity index (χ1) is 19.4. The normalized spacial score (nSPS) is 24.1. The monoisotopic (exact) mass is 532 g/mol. The van der Waals surface area contributed by atoms with Gasteiger partial charge < -0.3 is 4.42 Å². The van der Waals surface area contributed by atoms with E-state index in [1.807, 2.05) is 48.5 Å². The van der Waals surface area contributed by atoms with Gasteiger partial charge in [-0.3, -0.25) is 24.5 Å². The Kier molecular flexibility index (Phi) is 5.08. The molecule has 3 aliphatic carbocycles. The van der Waals surface area contributed by atoms with Gasteiger partial charge in [0.15, 0.2) is 5.76 Å². The number of hydrazone groups is 1. The highest BCUT2D eigenvalue weighted by Gasteiger charge is 2.68. The summed E-state index contributed by atoms with van der Waals surface area (Å²) in [6.07, 6.45) is 2.89. The first-order valence-corrected chi connectivity index (χ1v) is 12.6. The van der Waals surface area contributed by atoms with Crippen molar-refractivity contribution >= 4 is 35.3 Å². The summed E-state index contributed by atoms with van der Waals surface area (Å²) in [6, 6.07) is 24.0. The Bertz CT molecular complexity index is 1710. The molecule has 2 heterocycles. The van der Waals surface area contributed by atoms with Crippen LogP contribution in [0.5, 0.6) is 0 Å². The lowest BCUT2D eigenvalue weighted by molar-refractivity contribution is -0.384. The molecule has 2 atom stereocenters. The molecule has 0 unspecified atom stereocenters. The smallest absolute Gasteiger partial charge is 0.307 e. The van der Waals surface area contributed by atoms with Crippen LogP contribution >= 0.6 is 0 Å². The second-order valence-corrected chi connectivity index (χ2v) is 9.96. The van der Waals surface area contributed by atoms with Gasteiger partial charge in [0, 0.05) is 18.2 Å². The van der Waals surface area contributed by atoms with Crippen LogP contribution in [0.4, 0.5) is 11.4 Å². The molecule has 0 radical (unpaired) electrons. The van der Waals surface area contributed by atoms with Crippen molar-refractivity contribution in [2.45, 2.75) is 11.3 Å². The molecule has 1 aromatic heterocycles. The van der Waals surface area contributed by atoms with Crippen molar-refractivity contribution in [1.82, 2.24) is 5.43 Å². The first kappa shape index (κ1) is 23.7. The molecule has 0 spiro atoms. The number of amides is 3. The van der Waals surface area contributed by atoms with Crippen LogP contribution in [0, 0.1) is 22.0 Å². The van der Waals surface area contributed by atoms with Crippen molar-refractivity contribution in [2.75, 3.05) is 4.90 Å². The summed E-state index contributed by atoms with van der Waals surface area (Å²) in [6.45, 7) is 0. The zero-order valence-corrected chi connectivity index (χ0v) is 20.8. The van der Waals surface area contributed by atoms with Gasteiger partial charge in [0.1, 0.15) is 5.69 Å². The second-order valence-electron chi connectivity index (χ2n) is 9.96. The maximum Gasteiger partial charge on any atom is 0.307 e. The lowest BCUT2D eigenvalue weighted by Crippen LogP contribution is -2.54. The van der Waals surface area contributed by atoms with Crippen LogP contribution in [-0.4, -0.2) is 28.9 Å². The third kappa shape index (κ3) is 3.04. The molecule has 1 fully saturated rings. The largest absolute Gasteiger partial charge is 0.459 e. The van der Waals surface area contributed by atoms with Gasteiger partial charge >= 0.3 is 5.91 Å². The van der Waals surface area contributed by atoms with Crippen molar-refractivity contribution in [3.63, 3.8) is 0 Å². The number of para-hydroxylation sites is 2. The predicted molar refractivity (Wildman–Crippen MR) is 143 cm³/mol. The minimum atomic E-state index is -1.23. The summed E-state index contributed by atoms with van der Waals surface area (Å²) in [5, 5.41) is 16.2. The highest BCUT2D eigenvalue weighted by atomic mass is 16.6. The number of hydrogen-bond donors (Lipinski definition) is 1. The Hall–Kier alpha value is -5.38. The minimum absolute atomic E-state index is 0.0651. The van der Waals surface area contributed by atoms with E-state index in [2.05, 4.69) is 10.5 Å². The summed E-state index contributed by atoms with van der Waals surface area (Å²) in [4.78, 5) is 53.3. The third-order valence-electron chi connectivity index (χ3n) is 8.18. The molecule has 4 aliphatic rings. The number of anilines is 1. The molecule has 4 aromatic rings. The van der Waals surface area contributed by atoms with Crippen molar-refractivity contribution in [1.29, 1.82) is 0 Å².